The second kappa shape index (κ2) is 6.33. The summed E-state index contributed by atoms with van der Waals surface area (Å²) in [7, 11) is 1.92. The maximum Gasteiger partial charge on any atom is 0.146 e. The van der Waals surface area contributed by atoms with E-state index in [2.05, 4.69) is 21.4 Å². The van der Waals surface area contributed by atoms with Crippen LogP contribution in [0.25, 0.3) is 10.9 Å². The topological polar surface area (TPSA) is 47.0 Å². The highest BCUT2D eigenvalue weighted by atomic mass is 16.5. The molecule has 0 bridgehead atoms. The van der Waals surface area contributed by atoms with Gasteiger partial charge in [-0.2, -0.15) is 0 Å². The van der Waals surface area contributed by atoms with Crippen LogP contribution in [-0.2, 0) is 13.2 Å². The Balaban J connectivity index is 1.74. The molecule has 0 aliphatic heterocycles. The molecular formula is C17H17N3O. The molecule has 0 saturated heterocycles. The predicted molar refractivity (Wildman–Crippen MR) is 83.1 cm³/mol. The number of nitrogens with one attached hydrogen (secondary N) is 1. The number of pyridine rings is 2. The molecule has 0 spiro atoms. The first-order chi connectivity index (χ1) is 10.4. The van der Waals surface area contributed by atoms with Crippen molar-refractivity contribution in [1.29, 1.82) is 0 Å². The van der Waals surface area contributed by atoms with Crippen LogP contribution >= 0.6 is 0 Å². The van der Waals surface area contributed by atoms with Crippen molar-refractivity contribution < 1.29 is 4.74 Å². The van der Waals surface area contributed by atoms with Crippen molar-refractivity contribution in [2.75, 3.05) is 7.05 Å². The summed E-state index contributed by atoms with van der Waals surface area (Å²) in [5.41, 5.74) is 2.95. The van der Waals surface area contributed by atoms with E-state index in [1.165, 1.54) is 0 Å². The Hall–Kier alpha value is -2.46. The van der Waals surface area contributed by atoms with Crippen LogP contribution in [0.3, 0.4) is 0 Å². The fraction of sp³-hybridized carbons (Fsp3) is 0.176. The van der Waals surface area contributed by atoms with Crippen LogP contribution in [-0.4, -0.2) is 17.0 Å². The van der Waals surface area contributed by atoms with E-state index in [4.69, 9.17) is 4.74 Å². The molecule has 0 unspecified atom stereocenters. The van der Waals surface area contributed by atoms with E-state index >= 15 is 0 Å². The molecule has 1 aromatic carbocycles. The van der Waals surface area contributed by atoms with Gasteiger partial charge in [0.2, 0.25) is 0 Å². The minimum absolute atomic E-state index is 0.440. The van der Waals surface area contributed by atoms with E-state index in [1.54, 1.807) is 6.20 Å². The molecule has 0 radical (unpaired) electrons. The summed E-state index contributed by atoms with van der Waals surface area (Å²) in [4.78, 5) is 8.79. The number of fused-ring (bicyclic) bond motifs is 1. The first-order valence-electron chi connectivity index (χ1n) is 6.92. The molecule has 3 aromatic rings. The zero-order valence-electron chi connectivity index (χ0n) is 11.9. The summed E-state index contributed by atoms with van der Waals surface area (Å²) in [5, 5.41) is 4.18. The summed E-state index contributed by atoms with van der Waals surface area (Å²) in [6.45, 7) is 1.26. The number of rotatable bonds is 5. The van der Waals surface area contributed by atoms with Gasteiger partial charge in [-0.3, -0.25) is 9.97 Å². The van der Waals surface area contributed by atoms with Gasteiger partial charge in [0.15, 0.2) is 0 Å². The van der Waals surface area contributed by atoms with Gasteiger partial charge in [-0.1, -0.05) is 24.3 Å². The van der Waals surface area contributed by atoms with E-state index in [1.807, 2.05) is 49.6 Å². The second-order valence-corrected chi connectivity index (χ2v) is 4.81. The Morgan fingerprint density at radius 3 is 2.76 bits per heavy atom. The van der Waals surface area contributed by atoms with Crippen LogP contribution in [0.2, 0.25) is 0 Å². The molecule has 0 atom stereocenters. The standard InChI is InChI=1S/C17H17N3O/c1-18-10-13-7-8-15(20-11-13)12-21-16-6-2-4-14-5-3-9-19-17(14)16/h2-9,11,18H,10,12H2,1H3. The second-order valence-electron chi connectivity index (χ2n) is 4.81. The van der Waals surface area contributed by atoms with Crippen LogP contribution in [0.5, 0.6) is 5.75 Å². The number of hydrogen-bond acceptors (Lipinski definition) is 4. The van der Waals surface area contributed by atoms with Crippen molar-refractivity contribution in [1.82, 2.24) is 15.3 Å². The van der Waals surface area contributed by atoms with Gasteiger partial charge in [0, 0.05) is 24.3 Å². The summed E-state index contributed by atoms with van der Waals surface area (Å²) < 4.78 is 5.86. The lowest BCUT2D eigenvalue weighted by Gasteiger charge is -2.08. The molecule has 0 aliphatic carbocycles. The quantitative estimate of drug-likeness (QED) is 0.780. The van der Waals surface area contributed by atoms with Crippen LogP contribution in [0.15, 0.2) is 54.9 Å². The van der Waals surface area contributed by atoms with Gasteiger partial charge >= 0.3 is 0 Å². The van der Waals surface area contributed by atoms with Crippen molar-refractivity contribution in [3.63, 3.8) is 0 Å². The van der Waals surface area contributed by atoms with Gasteiger partial charge in [0.25, 0.3) is 0 Å². The van der Waals surface area contributed by atoms with Crippen LogP contribution in [0.4, 0.5) is 0 Å². The minimum Gasteiger partial charge on any atom is -0.485 e. The number of hydrogen-bond donors (Lipinski definition) is 1. The zero-order valence-corrected chi connectivity index (χ0v) is 11.9. The minimum atomic E-state index is 0.440. The molecule has 21 heavy (non-hydrogen) atoms. The Morgan fingerprint density at radius 2 is 1.95 bits per heavy atom. The molecule has 4 nitrogen and oxygen atoms in total. The average molecular weight is 279 g/mol. The lowest BCUT2D eigenvalue weighted by atomic mass is 10.2. The number of benzene rings is 1. The Kier molecular flexibility index (Phi) is 4.07. The smallest absolute Gasteiger partial charge is 0.146 e. The third kappa shape index (κ3) is 3.17. The largest absolute Gasteiger partial charge is 0.485 e. The van der Waals surface area contributed by atoms with Gasteiger partial charge in [-0.25, -0.2) is 0 Å². The van der Waals surface area contributed by atoms with E-state index in [9.17, 15) is 0 Å². The summed E-state index contributed by atoms with van der Waals surface area (Å²) in [5.74, 6) is 0.786. The monoisotopic (exact) mass is 279 g/mol. The van der Waals surface area contributed by atoms with Crippen molar-refractivity contribution in [2.24, 2.45) is 0 Å². The Morgan fingerprint density at radius 1 is 1.05 bits per heavy atom. The van der Waals surface area contributed by atoms with Crippen LogP contribution in [0, 0.1) is 0 Å². The normalized spacial score (nSPS) is 10.7. The SMILES string of the molecule is CNCc1ccc(COc2cccc3cccnc23)nc1. The van der Waals surface area contributed by atoms with Gasteiger partial charge in [-0.05, 0) is 30.8 Å². The van der Waals surface area contributed by atoms with Crippen LogP contribution in [0.1, 0.15) is 11.3 Å². The van der Waals surface area contributed by atoms with Crippen LogP contribution < -0.4 is 10.1 Å². The first-order valence-corrected chi connectivity index (χ1v) is 6.92. The molecule has 2 aromatic heterocycles. The molecule has 3 rings (SSSR count). The van der Waals surface area contributed by atoms with E-state index in [0.29, 0.717) is 6.61 Å². The average Bonchev–Trinajstić information content (AvgIpc) is 2.54. The van der Waals surface area contributed by atoms with Gasteiger partial charge in [-0.15, -0.1) is 0 Å². The lowest BCUT2D eigenvalue weighted by molar-refractivity contribution is 0.304. The molecule has 2 heterocycles. The Bertz CT molecular complexity index is 720. The molecule has 0 aliphatic rings. The van der Waals surface area contributed by atoms with Gasteiger partial charge < -0.3 is 10.1 Å². The van der Waals surface area contributed by atoms with Gasteiger partial charge in [0.1, 0.15) is 17.9 Å². The van der Waals surface area contributed by atoms with Crippen molar-refractivity contribution >= 4 is 10.9 Å². The summed E-state index contributed by atoms with van der Waals surface area (Å²) in [6, 6.07) is 13.9. The number of ether oxygens (including phenoxy) is 1. The summed E-state index contributed by atoms with van der Waals surface area (Å²) in [6.07, 6.45) is 3.65. The van der Waals surface area contributed by atoms with E-state index in [-0.39, 0.29) is 0 Å². The number of nitrogens with zero attached hydrogens (tertiary/aromatic N) is 2. The molecular weight excluding hydrogens is 262 g/mol. The Labute approximate surface area is 123 Å². The fourth-order valence-corrected chi connectivity index (χ4v) is 2.19. The fourth-order valence-electron chi connectivity index (χ4n) is 2.19. The molecule has 4 heteroatoms. The maximum absolute atomic E-state index is 5.86. The third-order valence-corrected chi connectivity index (χ3v) is 3.24. The molecule has 0 amide bonds. The molecule has 1 N–H and O–H groups in total. The third-order valence-electron chi connectivity index (χ3n) is 3.24. The zero-order chi connectivity index (χ0) is 14.5. The molecule has 106 valence electrons. The number of aromatic nitrogens is 2. The van der Waals surface area contributed by atoms with E-state index in [0.717, 1.165) is 34.5 Å². The van der Waals surface area contributed by atoms with Crippen molar-refractivity contribution in [2.45, 2.75) is 13.2 Å². The number of para-hydroxylation sites is 1. The lowest BCUT2D eigenvalue weighted by Crippen LogP contribution is -2.06. The highest BCUT2D eigenvalue weighted by molar-refractivity contribution is 5.84. The first kappa shape index (κ1) is 13.5. The predicted octanol–water partition coefficient (Wildman–Crippen LogP) is 2.93. The molecule has 0 saturated carbocycles. The van der Waals surface area contributed by atoms with Gasteiger partial charge in [0.05, 0.1) is 5.69 Å². The maximum atomic E-state index is 5.86. The highest BCUT2D eigenvalue weighted by Gasteiger charge is 2.03. The molecule has 0 fully saturated rings. The summed E-state index contributed by atoms with van der Waals surface area (Å²) >= 11 is 0. The van der Waals surface area contributed by atoms with Crippen molar-refractivity contribution in [3.05, 3.63) is 66.1 Å². The van der Waals surface area contributed by atoms with E-state index < -0.39 is 0 Å². The van der Waals surface area contributed by atoms with Crippen molar-refractivity contribution in [3.8, 4) is 5.75 Å². The highest BCUT2D eigenvalue weighted by Crippen LogP contribution is 2.23.